The van der Waals surface area contributed by atoms with Crippen LogP contribution in [0.4, 0.5) is 10.2 Å². The van der Waals surface area contributed by atoms with E-state index in [4.69, 9.17) is 4.74 Å². The van der Waals surface area contributed by atoms with Crippen LogP contribution in [0.5, 0.6) is 5.75 Å². The van der Waals surface area contributed by atoms with Gasteiger partial charge < -0.3 is 25.2 Å². The standard InChI is InChI=1S/C22H31FN6O/c1-17(30-20-6-4-5-19(23)14-20)15-26-22(24-2)27-16-18-7-8-25-21(13-18)29-11-9-28(3)10-12-29/h4-8,13-14,17H,9-12,15-16H2,1-3H3,(H2,24,26,27). The highest BCUT2D eigenvalue weighted by atomic mass is 19.1. The predicted octanol–water partition coefficient (Wildman–Crippen LogP) is 2.10. The van der Waals surface area contributed by atoms with Crippen molar-refractivity contribution in [3.8, 4) is 5.75 Å². The Balaban J connectivity index is 1.46. The Morgan fingerprint density at radius 3 is 2.73 bits per heavy atom. The molecule has 30 heavy (non-hydrogen) atoms. The molecule has 1 atom stereocenters. The number of ether oxygens (including phenoxy) is 1. The number of aromatic nitrogens is 1. The van der Waals surface area contributed by atoms with Crippen LogP contribution in [0, 0.1) is 5.82 Å². The van der Waals surface area contributed by atoms with E-state index in [0.717, 1.165) is 37.6 Å². The summed E-state index contributed by atoms with van der Waals surface area (Å²) in [6.07, 6.45) is 1.71. The average molecular weight is 415 g/mol. The summed E-state index contributed by atoms with van der Waals surface area (Å²) in [6.45, 7) is 7.20. The lowest BCUT2D eigenvalue weighted by atomic mass is 10.2. The number of anilines is 1. The molecule has 0 amide bonds. The Morgan fingerprint density at radius 2 is 2.00 bits per heavy atom. The highest BCUT2D eigenvalue weighted by molar-refractivity contribution is 5.79. The SMILES string of the molecule is CN=C(NCc1ccnc(N2CCN(C)CC2)c1)NCC(C)Oc1cccc(F)c1. The van der Waals surface area contributed by atoms with Crippen molar-refractivity contribution in [1.82, 2.24) is 20.5 Å². The van der Waals surface area contributed by atoms with E-state index in [1.807, 2.05) is 19.2 Å². The molecule has 0 spiro atoms. The van der Waals surface area contributed by atoms with Crippen molar-refractivity contribution >= 4 is 11.8 Å². The van der Waals surface area contributed by atoms with E-state index in [-0.39, 0.29) is 11.9 Å². The van der Waals surface area contributed by atoms with Crippen molar-refractivity contribution < 1.29 is 9.13 Å². The van der Waals surface area contributed by atoms with Crippen molar-refractivity contribution in [2.45, 2.75) is 19.6 Å². The van der Waals surface area contributed by atoms with Crippen LogP contribution in [-0.2, 0) is 6.54 Å². The zero-order chi connectivity index (χ0) is 21.3. The van der Waals surface area contributed by atoms with E-state index in [2.05, 4.69) is 43.5 Å². The third kappa shape index (κ3) is 6.59. The van der Waals surface area contributed by atoms with Gasteiger partial charge in [-0.15, -0.1) is 0 Å². The number of hydrogen-bond donors (Lipinski definition) is 2. The molecule has 1 aromatic carbocycles. The lowest BCUT2D eigenvalue weighted by molar-refractivity contribution is 0.223. The molecule has 0 aliphatic carbocycles. The predicted molar refractivity (Wildman–Crippen MR) is 119 cm³/mol. The maximum Gasteiger partial charge on any atom is 0.191 e. The minimum Gasteiger partial charge on any atom is -0.489 e. The lowest BCUT2D eigenvalue weighted by Gasteiger charge is -2.33. The van der Waals surface area contributed by atoms with Crippen LogP contribution in [0.25, 0.3) is 0 Å². The first-order chi connectivity index (χ1) is 14.5. The normalized spacial score (nSPS) is 16.3. The first-order valence-corrected chi connectivity index (χ1v) is 10.3. The molecule has 3 rings (SSSR count). The quantitative estimate of drug-likeness (QED) is 0.534. The van der Waals surface area contributed by atoms with E-state index >= 15 is 0 Å². The van der Waals surface area contributed by atoms with Gasteiger partial charge in [-0.2, -0.15) is 0 Å². The number of benzene rings is 1. The average Bonchev–Trinajstić information content (AvgIpc) is 2.74. The van der Waals surface area contributed by atoms with Gasteiger partial charge in [0.25, 0.3) is 0 Å². The molecule has 2 N–H and O–H groups in total. The van der Waals surface area contributed by atoms with Gasteiger partial charge in [-0.3, -0.25) is 4.99 Å². The largest absolute Gasteiger partial charge is 0.489 e. The number of hydrogen-bond acceptors (Lipinski definition) is 5. The van der Waals surface area contributed by atoms with Crippen LogP contribution in [-0.4, -0.2) is 68.8 Å². The molecule has 1 aliphatic heterocycles. The number of likely N-dealkylation sites (N-methyl/N-ethyl adjacent to an activating group) is 1. The fraction of sp³-hybridized carbons (Fsp3) is 0.455. The minimum atomic E-state index is -0.307. The van der Waals surface area contributed by atoms with Crippen molar-refractivity contribution in [1.29, 1.82) is 0 Å². The topological polar surface area (TPSA) is 65.0 Å². The van der Waals surface area contributed by atoms with Crippen molar-refractivity contribution in [3.63, 3.8) is 0 Å². The fourth-order valence-electron chi connectivity index (χ4n) is 3.24. The van der Waals surface area contributed by atoms with Crippen LogP contribution in [0.15, 0.2) is 47.6 Å². The van der Waals surface area contributed by atoms with Crippen molar-refractivity contribution in [2.24, 2.45) is 4.99 Å². The Kier molecular flexibility index (Phi) is 7.84. The van der Waals surface area contributed by atoms with Crippen LogP contribution in [0.3, 0.4) is 0 Å². The zero-order valence-corrected chi connectivity index (χ0v) is 17.9. The van der Waals surface area contributed by atoms with Crippen LogP contribution in [0.2, 0.25) is 0 Å². The second-order valence-electron chi connectivity index (χ2n) is 7.51. The summed E-state index contributed by atoms with van der Waals surface area (Å²) >= 11 is 0. The van der Waals surface area contributed by atoms with Gasteiger partial charge in [0.2, 0.25) is 0 Å². The number of nitrogens with zero attached hydrogens (tertiary/aromatic N) is 4. The molecule has 162 valence electrons. The number of pyridine rings is 1. The van der Waals surface area contributed by atoms with Crippen molar-refractivity contribution in [3.05, 3.63) is 54.0 Å². The Bertz CT molecular complexity index is 838. The molecule has 0 bridgehead atoms. The molecule has 8 heteroatoms. The van der Waals surface area contributed by atoms with E-state index in [1.165, 1.54) is 12.1 Å². The molecule has 1 fully saturated rings. The van der Waals surface area contributed by atoms with E-state index in [0.29, 0.717) is 24.8 Å². The van der Waals surface area contributed by atoms with Gasteiger partial charge in [0.05, 0.1) is 6.54 Å². The highest BCUT2D eigenvalue weighted by Gasteiger charge is 2.15. The fourth-order valence-corrected chi connectivity index (χ4v) is 3.24. The Labute approximate surface area is 178 Å². The summed E-state index contributed by atoms with van der Waals surface area (Å²) in [5.74, 6) is 1.91. The maximum atomic E-state index is 13.3. The molecule has 7 nitrogen and oxygen atoms in total. The Hall–Kier alpha value is -2.87. The summed E-state index contributed by atoms with van der Waals surface area (Å²) in [7, 11) is 3.88. The molecule has 1 aliphatic rings. The molecule has 2 aromatic rings. The monoisotopic (exact) mass is 414 g/mol. The zero-order valence-electron chi connectivity index (χ0n) is 17.9. The third-order valence-electron chi connectivity index (χ3n) is 5.01. The van der Waals surface area contributed by atoms with Gasteiger partial charge >= 0.3 is 0 Å². The summed E-state index contributed by atoms with van der Waals surface area (Å²) in [5.41, 5.74) is 1.14. The summed E-state index contributed by atoms with van der Waals surface area (Å²) in [4.78, 5) is 13.4. The molecule has 0 saturated carbocycles. The number of halogens is 1. The van der Waals surface area contributed by atoms with E-state index in [9.17, 15) is 4.39 Å². The first kappa shape index (κ1) is 21.8. The number of rotatable bonds is 7. The number of guanidine groups is 1. The van der Waals surface area contributed by atoms with Gasteiger partial charge in [0.15, 0.2) is 5.96 Å². The molecule has 0 radical (unpaired) electrons. The van der Waals surface area contributed by atoms with Gasteiger partial charge in [0.1, 0.15) is 23.5 Å². The first-order valence-electron chi connectivity index (χ1n) is 10.3. The molecule has 1 aromatic heterocycles. The second-order valence-corrected chi connectivity index (χ2v) is 7.51. The summed E-state index contributed by atoms with van der Waals surface area (Å²) < 4.78 is 19.0. The molecule has 2 heterocycles. The summed E-state index contributed by atoms with van der Waals surface area (Å²) in [6, 6.07) is 10.3. The third-order valence-corrected chi connectivity index (χ3v) is 5.01. The highest BCUT2D eigenvalue weighted by Crippen LogP contribution is 2.15. The number of nitrogens with one attached hydrogen (secondary N) is 2. The molecule has 1 unspecified atom stereocenters. The summed E-state index contributed by atoms with van der Waals surface area (Å²) in [5, 5.41) is 6.57. The van der Waals surface area contributed by atoms with Gasteiger partial charge in [-0.1, -0.05) is 6.07 Å². The van der Waals surface area contributed by atoms with Gasteiger partial charge in [-0.05, 0) is 43.8 Å². The second kappa shape index (κ2) is 10.8. The maximum absolute atomic E-state index is 13.3. The van der Waals surface area contributed by atoms with Gasteiger partial charge in [-0.25, -0.2) is 9.37 Å². The van der Waals surface area contributed by atoms with Crippen LogP contribution >= 0.6 is 0 Å². The number of aliphatic imine (C=N–C) groups is 1. The van der Waals surface area contributed by atoms with Crippen LogP contribution in [0.1, 0.15) is 12.5 Å². The molecular weight excluding hydrogens is 383 g/mol. The smallest absolute Gasteiger partial charge is 0.191 e. The molecule has 1 saturated heterocycles. The molecular formula is C22H31FN6O. The minimum absolute atomic E-state index is 0.143. The van der Waals surface area contributed by atoms with E-state index < -0.39 is 0 Å². The van der Waals surface area contributed by atoms with Crippen LogP contribution < -0.4 is 20.3 Å². The van der Waals surface area contributed by atoms with Gasteiger partial charge in [0, 0.05) is 52.0 Å². The number of piperazine rings is 1. The Morgan fingerprint density at radius 1 is 1.20 bits per heavy atom. The lowest BCUT2D eigenvalue weighted by Crippen LogP contribution is -2.44. The van der Waals surface area contributed by atoms with E-state index in [1.54, 1.807) is 19.2 Å². The van der Waals surface area contributed by atoms with Crippen molar-refractivity contribution in [2.75, 3.05) is 51.7 Å².